The zero-order chi connectivity index (χ0) is 15.5. The predicted molar refractivity (Wildman–Crippen MR) is 98.8 cm³/mol. The van der Waals surface area contributed by atoms with Crippen LogP contribution < -0.4 is 21.5 Å². The Hall–Kier alpha value is -1.37. The number of halogens is 1. The van der Waals surface area contributed by atoms with Crippen molar-refractivity contribution in [3.8, 4) is 0 Å². The monoisotopic (exact) mass is 352 g/mol. The van der Waals surface area contributed by atoms with Crippen molar-refractivity contribution in [2.24, 2.45) is 11.8 Å². The van der Waals surface area contributed by atoms with Crippen molar-refractivity contribution in [3.63, 3.8) is 0 Å². The summed E-state index contributed by atoms with van der Waals surface area (Å²) in [6.07, 6.45) is 6.97. The van der Waals surface area contributed by atoms with Gasteiger partial charge in [-0.2, -0.15) is 0 Å². The molecule has 0 saturated heterocycles. The van der Waals surface area contributed by atoms with E-state index in [1.54, 1.807) is 6.07 Å². The maximum atomic E-state index is 6.07. The summed E-state index contributed by atoms with van der Waals surface area (Å²) >= 11 is 16.6. The molecule has 0 aliphatic heterocycles. The van der Waals surface area contributed by atoms with Crippen molar-refractivity contribution in [1.29, 1.82) is 0 Å². The molecule has 2 aliphatic carbocycles. The molecule has 0 radical (unpaired) electrons. The van der Waals surface area contributed by atoms with Gasteiger partial charge in [-0.15, -0.1) is 0 Å². The van der Waals surface area contributed by atoms with Gasteiger partial charge in [-0.25, -0.2) is 0 Å². The van der Waals surface area contributed by atoms with E-state index in [-0.39, 0.29) is 0 Å². The molecule has 4 nitrogen and oxygen atoms in total. The Labute approximate surface area is 145 Å². The van der Waals surface area contributed by atoms with Crippen LogP contribution in [0.4, 0.5) is 5.69 Å². The van der Waals surface area contributed by atoms with E-state index >= 15 is 0 Å². The predicted octanol–water partition coefficient (Wildman–Crippen LogP) is 2.97. The number of fused-ring (bicyclic) bond motifs is 2. The van der Waals surface area contributed by atoms with Crippen molar-refractivity contribution in [3.05, 3.63) is 41.4 Å². The number of benzene rings is 1. The van der Waals surface area contributed by atoms with Gasteiger partial charge in [0.2, 0.25) is 0 Å². The molecule has 7 heteroatoms. The van der Waals surface area contributed by atoms with Gasteiger partial charge in [0.15, 0.2) is 10.2 Å². The summed E-state index contributed by atoms with van der Waals surface area (Å²) in [6.45, 7) is 0. The van der Waals surface area contributed by atoms with Gasteiger partial charge < -0.3 is 10.6 Å². The fourth-order valence-electron chi connectivity index (χ4n) is 2.98. The summed E-state index contributed by atoms with van der Waals surface area (Å²) in [7, 11) is 0. The molecular weight excluding hydrogens is 336 g/mol. The van der Waals surface area contributed by atoms with E-state index < -0.39 is 0 Å². The Morgan fingerprint density at radius 3 is 2.50 bits per heavy atom. The minimum atomic E-state index is 0.407. The number of allylic oxidation sites excluding steroid dienone is 1. The third kappa shape index (κ3) is 3.69. The first kappa shape index (κ1) is 15.5. The van der Waals surface area contributed by atoms with Crippen molar-refractivity contribution < 1.29 is 0 Å². The standard InChI is InChI=1S/C15H17ClN4S2/c16-11-3-1-2-4-12(11)17-14(21)19-20-15(22)18-13-8-9-5-6-10(13)7-9/h1-6,9-10,13H,7-8H2,(H2,17,19,21)(H2,18,20,22)/t9-,10+,13+/m1/s1. The molecule has 1 fully saturated rings. The van der Waals surface area contributed by atoms with Crippen LogP contribution in [0.25, 0.3) is 0 Å². The molecule has 1 saturated carbocycles. The van der Waals surface area contributed by atoms with Crippen molar-refractivity contribution in [1.82, 2.24) is 16.2 Å². The van der Waals surface area contributed by atoms with Crippen LogP contribution in [0.3, 0.4) is 0 Å². The number of thiocarbonyl (C=S) groups is 2. The van der Waals surface area contributed by atoms with E-state index in [1.165, 1.54) is 6.42 Å². The molecule has 1 aromatic rings. The van der Waals surface area contributed by atoms with Gasteiger partial charge in [0.05, 0.1) is 10.7 Å². The number of hydrazine groups is 1. The largest absolute Gasteiger partial charge is 0.358 e. The summed E-state index contributed by atoms with van der Waals surface area (Å²) in [5.41, 5.74) is 6.52. The Morgan fingerprint density at radius 1 is 1.05 bits per heavy atom. The second-order valence-corrected chi connectivity index (χ2v) is 6.77. The van der Waals surface area contributed by atoms with Crippen molar-refractivity contribution >= 4 is 51.9 Å². The normalized spacial score (nSPS) is 24.9. The summed E-state index contributed by atoms with van der Waals surface area (Å²) in [6, 6.07) is 7.83. The lowest BCUT2D eigenvalue weighted by Gasteiger charge is -2.22. The summed E-state index contributed by atoms with van der Waals surface area (Å²) in [4.78, 5) is 0. The molecule has 0 amide bonds. The van der Waals surface area contributed by atoms with Gasteiger partial charge in [0.25, 0.3) is 0 Å². The van der Waals surface area contributed by atoms with Crippen LogP contribution >= 0.6 is 36.0 Å². The second kappa shape index (κ2) is 6.81. The molecule has 0 spiro atoms. The average molecular weight is 353 g/mol. The van der Waals surface area contributed by atoms with Crippen LogP contribution in [0.15, 0.2) is 36.4 Å². The lowest BCUT2D eigenvalue weighted by Crippen LogP contribution is -2.51. The van der Waals surface area contributed by atoms with Crippen LogP contribution in [0.1, 0.15) is 12.8 Å². The van der Waals surface area contributed by atoms with Crippen molar-refractivity contribution in [2.45, 2.75) is 18.9 Å². The van der Waals surface area contributed by atoms with Gasteiger partial charge in [-0.3, -0.25) is 10.9 Å². The van der Waals surface area contributed by atoms with Crippen LogP contribution in [0.5, 0.6) is 0 Å². The molecule has 3 rings (SSSR count). The van der Waals surface area contributed by atoms with Gasteiger partial charge in [-0.1, -0.05) is 35.9 Å². The molecule has 0 aromatic heterocycles. The SMILES string of the molecule is S=C(NNC(=S)N[C@H]1C[C@@H]2C=C[C@H]1C2)Nc1ccccc1Cl. The van der Waals surface area contributed by atoms with E-state index in [2.05, 4.69) is 33.6 Å². The molecule has 116 valence electrons. The van der Waals surface area contributed by atoms with E-state index in [4.69, 9.17) is 36.0 Å². The van der Waals surface area contributed by atoms with E-state index in [9.17, 15) is 0 Å². The first-order valence-corrected chi connectivity index (χ1v) is 8.37. The third-order valence-corrected chi connectivity index (χ3v) is 4.76. The molecule has 0 heterocycles. The van der Waals surface area contributed by atoms with Gasteiger partial charge in [0, 0.05) is 6.04 Å². The highest BCUT2D eigenvalue weighted by atomic mass is 35.5. The highest BCUT2D eigenvalue weighted by Crippen LogP contribution is 2.38. The highest BCUT2D eigenvalue weighted by molar-refractivity contribution is 7.80. The van der Waals surface area contributed by atoms with Gasteiger partial charge in [0.1, 0.15) is 0 Å². The number of rotatable bonds is 2. The Morgan fingerprint density at radius 2 is 1.82 bits per heavy atom. The van der Waals surface area contributed by atoms with Crippen LogP contribution in [0.2, 0.25) is 5.02 Å². The number of hydrogen-bond acceptors (Lipinski definition) is 2. The van der Waals surface area contributed by atoms with E-state index in [1.807, 2.05) is 18.2 Å². The molecule has 0 unspecified atom stereocenters. The topological polar surface area (TPSA) is 48.1 Å². The smallest absolute Gasteiger partial charge is 0.189 e. The fraction of sp³-hybridized carbons (Fsp3) is 0.333. The molecule has 22 heavy (non-hydrogen) atoms. The number of hydrogen-bond donors (Lipinski definition) is 4. The second-order valence-electron chi connectivity index (χ2n) is 5.54. The quantitative estimate of drug-likeness (QED) is 0.373. The maximum absolute atomic E-state index is 6.07. The van der Waals surface area contributed by atoms with Crippen LogP contribution in [0, 0.1) is 11.8 Å². The molecule has 2 aliphatic rings. The maximum Gasteiger partial charge on any atom is 0.189 e. The molecule has 4 N–H and O–H groups in total. The van der Waals surface area contributed by atoms with Gasteiger partial charge in [-0.05, 0) is 61.2 Å². The molecule has 2 bridgehead atoms. The molecular formula is C15H17ClN4S2. The summed E-state index contributed by atoms with van der Waals surface area (Å²) in [5.74, 6) is 1.30. The van der Waals surface area contributed by atoms with E-state index in [0.717, 1.165) is 12.1 Å². The lowest BCUT2D eigenvalue weighted by molar-refractivity contribution is 0.518. The van der Waals surface area contributed by atoms with Crippen molar-refractivity contribution in [2.75, 3.05) is 5.32 Å². The zero-order valence-corrected chi connectivity index (χ0v) is 14.2. The first-order chi connectivity index (χ1) is 10.6. The first-order valence-electron chi connectivity index (χ1n) is 7.18. The van der Waals surface area contributed by atoms with E-state index in [0.29, 0.717) is 33.1 Å². The Balaban J connectivity index is 1.42. The Bertz CT molecular complexity index is 619. The minimum absolute atomic E-state index is 0.407. The summed E-state index contributed by atoms with van der Waals surface area (Å²) < 4.78 is 0. The average Bonchev–Trinajstić information content (AvgIpc) is 3.10. The Kier molecular flexibility index (Phi) is 4.81. The summed E-state index contributed by atoms with van der Waals surface area (Å²) in [5, 5.41) is 7.92. The number of anilines is 1. The van der Waals surface area contributed by atoms with Crippen LogP contribution in [-0.2, 0) is 0 Å². The number of para-hydroxylation sites is 1. The van der Waals surface area contributed by atoms with Crippen LogP contribution in [-0.4, -0.2) is 16.3 Å². The van der Waals surface area contributed by atoms with Gasteiger partial charge >= 0.3 is 0 Å². The fourth-order valence-corrected chi connectivity index (χ4v) is 3.53. The zero-order valence-electron chi connectivity index (χ0n) is 11.8. The number of nitrogens with one attached hydrogen (secondary N) is 4. The molecule has 1 aromatic carbocycles. The molecule has 3 atom stereocenters. The lowest BCUT2D eigenvalue weighted by atomic mass is 10.0. The minimum Gasteiger partial charge on any atom is -0.358 e. The highest BCUT2D eigenvalue weighted by Gasteiger charge is 2.35. The third-order valence-electron chi connectivity index (χ3n) is 4.01.